The highest BCUT2D eigenvalue weighted by molar-refractivity contribution is 6.03. The highest BCUT2D eigenvalue weighted by atomic mass is 19.1. The Morgan fingerprint density at radius 3 is 2.33 bits per heavy atom. The zero-order chi connectivity index (χ0) is 19.2. The molecule has 1 aromatic heterocycles. The van der Waals surface area contributed by atoms with Crippen LogP contribution in [0.5, 0.6) is 0 Å². The van der Waals surface area contributed by atoms with E-state index in [4.69, 9.17) is 4.42 Å². The standard InChI is InChI=1S/C19H14FN3O4/c20-15-8-2-1-7-14(15)18(25)23-22-17(24)12-5-3-6-13(11-12)21-19(26)16-9-4-10-27-16/h1-11H,(H,21,26)(H,22,24)(H,23,25). The first-order valence-corrected chi connectivity index (χ1v) is 7.85. The van der Waals surface area contributed by atoms with Crippen molar-refractivity contribution in [3.63, 3.8) is 0 Å². The van der Waals surface area contributed by atoms with Crippen molar-refractivity contribution in [1.29, 1.82) is 0 Å². The number of rotatable bonds is 4. The lowest BCUT2D eigenvalue weighted by Crippen LogP contribution is -2.41. The van der Waals surface area contributed by atoms with Crippen LogP contribution in [0, 0.1) is 5.82 Å². The third-order valence-corrected chi connectivity index (χ3v) is 3.54. The molecule has 0 saturated carbocycles. The largest absolute Gasteiger partial charge is 0.459 e. The number of hydrogen-bond acceptors (Lipinski definition) is 4. The first-order chi connectivity index (χ1) is 13.0. The molecule has 27 heavy (non-hydrogen) atoms. The summed E-state index contributed by atoms with van der Waals surface area (Å²) in [6.45, 7) is 0. The van der Waals surface area contributed by atoms with E-state index >= 15 is 0 Å². The Morgan fingerprint density at radius 1 is 0.815 bits per heavy atom. The average Bonchev–Trinajstić information content (AvgIpc) is 3.21. The van der Waals surface area contributed by atoms with Crippen LogP contribution in [0.2, 0.25) is 0 Å². The summed E-state index contributed by atoms with van der Waals surface area (Å²) >= 11 is 0. The molecule has 0 aliphatic carbocycles. The van der Waals surface area contributed by atoms with E-state index in [0.717, 1.165) is 6.07 Å². The molecule has 0 unspecified atom stereocenters. The molecular formula is C19H14FN3O4. The molecule has 0 atom stereocenters. The van der Waals surface area contributed by atoms with Crippen molar-refractivity contribution in [3.05, 3.63) is 89.6 Å². The van der Waals surface area contributed by atoms with Gasteiger partial charge in [-0.05, 0) is 42.5 Å². The van der Waals surface area contributed by atoms with Crippen LogP contribution in [0.1, 0.15) is 31.3 Å². The molecule has 0 bridgehead atoms. The highest BCUT2D eigenvalue weighted by Crippen LogP contribution is 2.13. The Morgan fingerprint density at radius 2 is 1.59 bits per heavy atom. The molecule has 0 radical (unpaired) electrons. The monoisotopic (exact) mass is 367 g/mol. The topological polar surface area (TPSA) is 100 Å². The Labute approximate surface area is 153 Å². The molecule has 2 aromatic carbocycles. The fraction of sp³-hybridized carbons (Fsp3) is 0. The minimum Gasteiger partial charge on any atom is -0.459 e. The summed E-state index contributed by atoms with van der Waals surface area (Å²) in [6, 6.07) is 14.5. The first-order valence-electron chi connectivity index (χ1n) is 7.85. The third-order valence-electron chi connectivity index (χ3n) is 3.54. The maximum Gasteiger partial charge on any atom is 0.291 e. The fourth-order valence-corrected chi connectivity index (χ4v) is 2.24. The molecule has 0 aliphatic heterocycles. The van der Waals surface area contributed by atoms with Gasteiger partial charge in [0.15, 0.2) is 5.76 Å². The van der Waals surface area contributed by atoms with Crippen LogP contribution < -0.4 is 16.2 Å². The van der Waals surface area contributed by atoms with Gasteiger partial charge in [0.2, 0.25) is 0 Å². The van der Waals surface area contributed by atoms with Crippen molar-refractivity contribution in [1.82, 2.24) is 10.9 Å². The number of furan rings is 1. The summed E-state index contributed by atoms with van der Waals surface area (Å²) in [5, 5.41) is 2.59. The van der Waals surface area contributed by atoms with Crippen LogP contribution in [0.15, 0.2) is 71.3 Å². The predicted molar refractivity (Wildman–Crippen MR) is 94.4 cm³/mol. The van der Waals surface area contributed by atoms with Gasteiger partial charge in [0.25, 0.3) is 17.7 Å². The number of amides is 3. The normalized spacial score (nSPS) is 10.1. The number of benzene rings is 2. The zero-order valence-electron chi connectivity index (χ0n) is 13.9. The van der Waals surface area contributed by atoms with Gasteiger partial charge in [-0.15, -0.1) is 0 Å². The summed E-state index contributed by atoms with van der Waals surface area (Å²) in [5.41, 5.74) is 4.69. The smallest absolute Gasteiger partial charge is 0.291 e. The average molecular weight is 367 g/mol. The van der Waals surface area contributed by atoms with Crippen LogP contribution in [-0.4, -0.2) is 17.7 Å². The van der Waals surface area contributed by atoms with Crippen molar-refractivity contribution in [3.8, 4) is 0 Å². The summed E-state index contributed by atoms with van der Waals surface area (Å²) < 4.78 is 18.5. The van der Waals surface area contributed by atoms with E-state index in [2.05, 4.69) is 16.2 Å². The molecule has 0 spiro atoms. The van der Waals surface area contributed by atoms with Crippen LogP contribution in [-0.2, 0) is 0 Å². The predicted octanol–water partition coefficient (Wildman–Crippen LogP) is 2.75. The van der Waals surface area contributed by atoms with E-state index in [9.17, 15) is 18.8 Å². The number of halogens is 1. The lowest BCUT2D eigenvalue weighted by Gasteiger charge is -2.09. The van der Waals surface area contributed by atoms with Crippen molar-refractivity contribution < 1.29 is 23.2 Å². The Kier molecular flexibility index (Phi) is 5.27. The second-order valence-corrected chi connectivity index (χ2v) is 5.40. The molecule has 1 heterocycles. The number of carbonyl (C=O) groups excluding carboxylic acids is 3. The molecule has 7 nitrogen and oxygen atoms in total. The Bertz CT molecular complexity index is 986. The van der Waals surface area contributed by atoms with Gasteiger partial charge < -0.3 is 9.73 Å². The molecule has 8 heteroatoms. The number of hydrazine groups is 1. The minimum absolute atomic E-state index is 0.127. The molecule has 3 aromatic rings. The maximum atomic E-state index is 13.6. The van der Waals surface area contributed by atoms with Crippen molar-refractivity contribution in [2.24, 2.45) is 0 Å². The van der Waals surface area contributed by atoms with Gasteiger partial charge in [0.05, 0.1) is 11.8 Å². The summed E-state index contributed by atoms with van der Waals surface area (Å²) in [5.74, 6) is -2.46. The van der Waals surface area contributed by atoms with Gasteiger partial charge >= 0.3 is 0 Å². The van der Waals surface area contributed by atoms with E-state index in [1.54, 1.807) is 18.2 Å². The molecule has 3 N–H and O–H groups in total. The molecule has 0 saturated heterocycles. The van der Waals surface area contributed by atoms with Gasteiger partial charge in [0.1, 0.15) is 5.82 Å². The minimum atomic E-state index is -0.788. The number of nitrogens with one attached hydrogen (secondary N) is 3. The SMILES string of the molecule is O=C(NNC(=O)c1ccccc1F)c1cccc(NC(=O)c2ccco2)c1. The van der Waals surface area contributed by atoms with E-state index in [1.165, 1.54) is 42.7 Å². The lowest BCUT2D eigenvalue weighted by atomic mass is 10.2. The van der Waals surface area contributed by atoms with Gasteiger partial charge in [-0.2, -0.15) is 0 Å². The molecule has 3 rings (SSSR count). The van der Waals surface area contributed by atoms with Crippen LogP contribution in [0.3, 0.4) is 0 Å². The molecule has 136 valence electrons. The zero-order valence-corrected chi connectivity index (χ0v) is 13.9. The number of anilines is 1. The van der Waals surface area contributed by atoms with Crippen LogP contribution in [0.25, 0.3) is 0 Å². The van der Waals surface area contributed by atoms with Crippen molar-refractivity contribution in [2.45, 2.75) is 0 Å². The van der Waals surface area contributed by atoms with Gasteiger partial charge in [-0.1, -0.05) is 18.2 Å². The Balaban J connectivity index is 1.62. The number of hydrogen-bond donors (Lipinski definition) is 3. The molecular weight excluding hydrogens is 353 g/mol. The summed E-state index contributed by atoms with van der Waals surface area (Å²) in [6.07, 6.45) is 1.37. The van der Waals surface area contributed by atoms with Crippen molar-refractivity contribution in [2.75, 3.05) is 5.32 Å². The maximum absolute atomic E-state index is 13.6. The number of carbonyl (C=O) groups is 3. The summed E-state index contributed by atoms with van der Waals surface area (Å²) in [4.78, 5) is 36.1. The van der Waals surface area contributed by atoms with Crippen LogP contribution in [0.4, 0.5) is 10.1 Å². The molecule has 3 amide bonds. The highest BCUT2D eigenvalue weighted by Gasteiger charge is 2.14. The van der Waals surface area contributed by atoms with E-state index in [-0.39, 0.29) is 16.9 Å². The Hall–Kier alpha value is -3.94. The van der Waals surface area contributed by atoms with E-state index < -0.39 is 23.5 Å². The quantitative estimate of drug-likeness (QED) is 0.617. The van der Waals surface area contributed by atoms with Crippen molar-refractivity contribution >= 4 is 23.4 Å². The summed E-state index contributed by atoms with van der Waals surface area (Å²) in [7, 11) is 0. The van der Waals surface area contributed by atoms with E-state index in [1.807, 2.05) is 0 Å². The molecule has 0 fully saturated rings. The van der Waals surface area contributed by atoms with Gasteiger partial charge in [-0.25, -0.2) is 4.39 Å². The van der Waals surface area contributed by atoms with Gasteiger partial charge in [-0.3, -0.25) is 25.2 Å². The molecule has 0 aliphatic rings. The van der Waals surface area contributed by atoms with Crippen LogP contribution >= 0.6 is 0 Å². The fourth-order valence-electron chi connectivity index (χ4n) is 2.24. The second kappa shape index (κ2) is 7.96. The first kappa shape index (κ1) is 17.9. The second-order valence-electron chi connectivity index (χ2n) is 5.40. The third kappa shape index (κ3) is 4.37. The lowest BCUT2D eigenvalue weighted by molar-refractivity contribution is 0.0844. The van der Waals surface area contributed by atoms with Gasteiger partial charge in [0, 0.05) is 11.3 Å². The van der Waals surface area contributed by atoms with E-state index in [0.29, 0.717) is 5.69 Å².